The second-order valence-electron chi connectivity index (χ2n) is 3.22. The Kier molecular flexibility index (Phi) is 4.42. The Morgan fingerprint density at radius 1 is 1.38 bits per heavy atom. The Labute approximate surface area is 78.7 Å². The van der Waals surface area contributed by atoms with Crippen LogP contribution >= 0.6 is 0 Å². The molecule has 0 aliphatic carbocycles. The van der Waals surface area contributed by atoms with E-state index < -0.39 is 0 Å². The normalized spacial score (nSPS) is 11.0. The Morgan fingerprint density at radius 3 is 2.85 bits per heavy atom. The van der Waals surface area contributed by atoms with Crippen LogP contribution in [0.2, 0.25) is 0 Å². The predicted octanol–water partition coefficient (Wildman–Crippen LogP) is -0.571. The fraction of sp³-hybridized carbons (Fsp3) is 0.750. The molecule has 0 bridgehead atoms. The Bertz CT molecular complexity index is 206. The maximum absolute atomic E-state index is 3.87. The van der Waals surface area contributed by atoms with Gasteiger partial charge in [0.1, 0.15) is 0 Å². The van der Waals surface area contributed by atoms with Crippen LogP contribution in [0, 0.1) is 0 Å². The summed E-state index contributed by atoms with van der Waals surface area (Å²) in [6.45, 7) is 3.91. The molecule has 1 heterocycles. The van der Waals surface area contributed by atoms with E-state index in [0.29, 0.717) is 0 Å². The zero-order valence-corrected chi connectivity index (χ0v) is 8.27. The summed E-state index contributed by atoms with van der Waals surface area (Å²) >= 11 is 0. The first-order valence-corrected chi connectivity index (χ1v) is 4.48. The topological polar surface area (TPSA) is 46.0 Å². The third kappa shape index (κ3) is 4.59. The van der Waals surface area contributed by atoms with Crippen LogP contribution in [-0.2, 0) is 6.54 Å². The minimum Gasteiger partial charge on any atom is -0.314 e. The molecule has 0 radical (unpaired) electrons. The Hall–Kier alpha value is -0.940. The van der Waals surface area contributed by atoms with Crippen LogP contribution in [0.5, 0.6) is 0 Å². The van der Waals surface area contributed by atoms with Gasteiger partial charge in [-0.15, -0.1) is 5.10 Å². The molecule has 5 nitrogen and oxygen atoms in total. The van der Waals surface area contributed by atoms with Crippen LogP contribution in [0.15, 0.2) is 12.4 Å². The number of nitrogens with one attached hydrogen (secondary N) is 1. The van der Waals surface area contributed by atoms with E-state index in [4.69, 9.17) is 0 Å². The van der Waals surface area contributed by atoms with Crippen molar-refractivity contribution in [1.82, 2.24) is 25.2 Å². The number of aromatic nitrogens is 3. The van der Waals surface area contributed by atoms with Gasteiger partial charge in [-0.2, -0.15) is 0 Å². The summed E-state index contributed by atoms with van der Waals surface area (Å²) in [5, 5.41) is 10.9. The van der Waals surface area contributed by atoms with Crippen LogP contribution < -0.4 is 5.32 Å². The quantitative estimate of drug-likeness (QED) is 0.600. The largest absolute Gasteiger partial charge is 0.314 e. The number of likely N-dealkylation sites (N-methyl/N-ethyl adjacent to an activating group) is 1. The number of hydrogen-bond acceptors (Lipinski definition) is 4. The summed E-state index contributed by atoms with van der Waals surface area (Å²) in [6.07, 6.45) is 3.56. The van der Waals surface area contributed by atoms with Crippen molar-refractivity contribution >= 4 is 0 Å². The minimum absolute atomic E-state index is 0.882. The molecule has 1 N–H and O–H groups in total. The molecule has 0 amide bonds. The van der Waals surface area contributed by atoms with E-state index in [1.54, 1.807) is 6.20 Å². The summed E-state index contributed by atoms with van der Waals surface area (Å²) in [5.74, 6) is 0. The Morgan fingerprint density at radius 2 is 2.23 bits per heavy atom. The lowest BCUT2D eigenvalue weighted by atomic mass is 10.5. The molecule has 0 atom stereocenters. The number of rotatable bonds is 6. The molecule has 0 fully saturated rings. The average molecular weight is 183 g/mol. The zero-order chi connectivity index (χ0) is 9.52. The third-order valence-electron chi connectivity index (χ3n) is 1.73. The van der Waals surface area contributed by atoms with E-state index in [0.717, 1.165) is 26.2 Å². The average Bonchev–Trinajstić information content (AvgIpc) is 2.55. The molecule has 1 aromatic heterocycles. The number of hydrogen-bond donors (Lipinski definition) is 1. The summed E-state index contributed by atoms with van der Waals surface area (Å²) in [5.41, 5.74) is 0. The molecule has 1 aromatic rings. The highest BCUT2D eigenvalue weighted by Crippen LogP contribution is 1.78. The van der Waals surface area contributed by atoms with E-state index in [1.165, 1.54) is 0 Å². The van der Waals surface area contributed by atoms with Gasteiger partial charge in [-0.1, -0.05) is 5.21 Å². The van der Waals surface area contributed by atoms with Gasteiger partial charge < -0.3 is 10.2 Å². The van der Waals surface area contributed by atoms with Crippen LogP contribution in [0.3, 0.4) is 0 Å². The Balaban J connectivity index is 1.96. The van der Waals surface area contributed by atoms with Gasteiger partial charge in [0.25, 0.3) is 0 Å². The van der Waals surface area contributed by atoms with Gasteiger partial charge >= 0.3 is 0 Å². The van der Waals surface area contributed by atoms with Gasteiger partial charge in [0.05, 0.1) is 12.7 Å². The highest BCUT2D eigenvalue weighted by Gasteiger charge is 1.91. The van der Waals surface area contributed by atoms with Crippen molar-refractivity contribution < 1.29 is 0 Å². The summed E-state index contributed by atoms with van der Waals surface area (Å²) in [7, 11) is 4.14. The fourth-order valence-electron chi connectivity index (χ4n) is 0.973. The van der Waals surface area contributed by atoms with E-state index in [2.05, 4.69) is 34.6 Å². The van der Waals surface area contributed by atoms with Crippen LogP contribution in [0.25, 0.3) is 0 Å². The van der Waals surface area contributed by atoms with Crippen molar-refractivity contribution in [2.24, 2.45) is 0 Å². The maximum Gasteiger partial charge on any atom is 0.0692 e. The van der Waals surface area contributed by atoms with Gasteiger partial charge in [0.15, 0.2) is 0 Å². The molecule has 0 unspecified atom stereocenters. The standard InChI is InChI=1S/C8H17N5/c1-12(2)6-3-9-4-7-13-8-5-10-11-13/h5,8-9H,3-4,6-7H2,1-2H3. The SMILES string of the molecule is CN(C)CCNCCn1ccnn1. The molecule has 0 spiro atoms. The van der Waals surface area contributed by atoms with E-state index in [-0.39, 0.29) is 0 Å². The molecule has 0 aromatic carbocycles. The van der Waals surface area contributed by atoms with Crippen LogP contribution in [0.4, 0.5) is 0 Å². The van der Waals surface area contributed by atoms with Gasteiger partial charge in [0, 0.05) is 25.8 Å². The van der Waals surface area contributed by atoms with Crippen molar-refractivity contribution in [3.8, 4) is 0 Å². The number of nitrogens with zero attached hydrogens (tertiary/aromatic N) is 4. The molecular weight excluding hydrogens is 166 g/mol. The molecule has 0 saturated heterocycles. The van der Waals surface area contributed by atoms with E-state index in [1.807, 2.05) is 10.9 Å². The van der Waals surface area contributed by atoms with Crippen LogP contribution in [0.1, 0.15) is 0 Å². The molecule has 1 rings (SSSR count). The second kappa shape index (κ2) is 5.66. The maximum atomic E-state index is 3.87. The molecule has 0 aliphatic rings. The van der Waals surface area contributed by atoms with E-state index >= 15 is 0 Å². The molecule has 0 saturated carbocycles. The van der Waals surface area contributed by atoms with Gasteiger partial charge in [-0.05, 0) is 14.1 Å². The van der Waals surface area contributed by atoms with Crippen molar-refractivity contribution in [2.75, 3.05) is 33.7 Å². The van der Waals surface area contributed by atoms with Gasteiger partial charge in [-0.25, -0.2) is 0 Å². The van der Waals surface area contributed by atoms with E-state index in [9.17, 15) is 0 Å². The fourth-order valence-corrected chi connectivity index (χ4v) is 0.973. The first-order chi connectivity index (χ1) is 6.29. The molecule has 13 heavy (non-hydrogen) atoms. The predicted molar refractivity (Wildman–Crippen MR) is 51.4 cm³/mol. The second-order valence-corrected chi connectivity index (χ2v) is 3.22. The monoisotopic (exact) mass is 183 g/mol. The van der Waals surface area contributed by atoms with Crippen molar-refractivity contribution in [1.29, 1.82) is 0 Å². The highest BCUT2D eigenvalue weighted by atomic mass is 15.4. The van der Waals surface area contributed by atoms with Crippen molar-refractivity contribution in [2.45, 2.75) is 6.54 Å². The first kappa shape index (κ1) is 10.1. The third-order valence-corrected chi connectivity index (χ3v) is 1.73. The summed E-state index contributed by atoms with van der Waals surface area (Å²) in [6, 6.07) is 0. The van der Waals surface area contributed by atoms with Crippen molar-refractivity contribution in [3.63, 3.8) is 0 Å². The molecule has 74 valence electrons. The van der Waals surface area contributed by atoms with Gasteiger partial charge in [-0.3, -0.25) is 4.68 Å². The van der Waals surface area contributed by atoms with Crippen molar-refractivity contribution in [3.05, 3.63) is 12.4 Å². The lowest BCUT2D eigenvalue weighted by Crippen LogP contribution is -2.29. The zero-order valence-electron chi connectivity index (χ0n) is 8.27. The lowest BCUT2D eigenvalue weighted by molar-refractivity contribution is 0.396. The summed E-state index contributed by atoms with van der Waals surface area (Å²) < 4.78 is 1.82. The minimum atomic E-state index is 0.882. The smallest absolute Gasteiger partial charge is 0.0692 e. The molecular formula is C8H17N5. The highest BCUT2D eigenvalue weighted by molar-refractivity contribution is 4.64. The van der Waals surface area contributed by atoms with Gasteiger partial charge in [0.2, 0.25) is 0 Å². The first-order valence-electron chi connectivity index (χ1n) is 4.48. The lowest BCUT2D eigenvalue weighted by Gasteiger charge is -2.09. The molecule has 0 aliphatic heterocycles. The summed E-state index contributed by atoms with van der Waals surface area (Å²) in [4.78, 5) is 2.16. The molecule has 5 heteroatoms. The van der Waals surface area contributed by atoms with Crippen LogP contribution in [-0.4, -0.2) is 53.6 Å².